The number of nitro groups is 1. The monoisotopic (exact) mass is 335 g/mol. The minimum atomic E-state index is -1.69. The number of nitrogens with one attached hydrogen (secondary N) is 1. The first-order chi connectivity index (χ1) is 11.2. The number of rotatable bonds is 2. The third-order valence-corrected chi connectivity index (χ3v) is 4.20. The highest BCUT2D eigenvalue weighted by molar-refractivity contribution is 6.25. The zero-order valence-electron chi connectivity index (χ0n) is 12.3. The molecule has 0 saturated carbocycles. The minimum absolute atomic E-state index is 0.105. The first-order valence-electron chi connectivity index (χ1n) is 6.88. The van der Waals surface area contributed by atoms with E-state index in [4.69, 9.17) is 0 Å². The zero-order chi connectivity index (χ0) is 17.8. The van der Waals surface area contributed by atoms with Gasteiger partial charge in [0, 0.05) is 6.42 Å². The average Bonchev–Trinajstić information content (AvgIpc) is 2.74. The summed E-state index contributed by atoms with van der Waals surface area (Å²) in [6.07, 6.45) is -0.231. The number of benzene rings is 1. The molecule has 2 heterocycles. The lowest BCUT2D eigenvalue weighted by atomic mass is 9.89. The number of hydrogen-bond acceptors (Lipinski definition) is 6. The van der Waals surface area contributed by atoms with Crippen LogP contribution >= 0.6 is 0 Å². The molecule has 1 atom stereocenters. The first-order valence-corrected chi connectivity index (χ1v) is 6.88. The fraction of sp³-hybridized carbons (Fsp3) is 0.286. The van der Waals surface area contributed by atoms with Gasteiger partial charge in [-0.1, -0.05) is 0 Å². The Labute approximate surface area is 133 Å². The van der Waals surface area contributed by atoms with Crippen LogP contribution in [0, 0.1) is 15.9 Å². The number of nitrogens with zero attached hydrogens (tertiary/aromatic N) is 2. The number of hydrogen-bond donors (Lipinski definition) is 1. The van der Waals surface area contributed by atoms with Gasteiger partial charge in [-0.05, 0) is 19.4 Å². The lowest BCUT2D eigenvalue weighted by molar-refractivity contribution is -0.385. The van der Waals surface area contributed by atoms with Crippen LogP contribution in [0.3, 0.4) is 0 Å². The van der Waals surface area contributed by atoms with E-state index in [0.717, 1.165) is 6.07 Å². The molecule has 1 aromatic carbocycles. The second kappa shape index (κ2) is 4.91. The number of imide groups is 2. The van der Waals surface area contributed by atoms with Gasteiger partial charge in [-0.15, -0.1) is 0 Å². The zero-order valence-corrected chi connectivity index (χ0v) is 12.3. The maximum Gasteiger partial charge on any atom is 0.285 e. The van der Waals surface area contributed by atoms with Gasteiger partial charge < -0.3 is 0 Å². The third-order valence-electron chi connectivity index (χ3n) is 4.20. The standard InChI is InChI=1S/C14H10FN3O6/c1-14(3-2-9(19)16-13(14)22)17-11(20)7-4-6(15)5-8(18(23)24)10(7)12(17)21/h4-5H,2-3H2,1H3,(H,16,19,22). The molecule has 0 spiro atoms. The molecule has 1 saturated heterocycles. The van der Waals surface area contributed by atoms with Gasteiger partial charge in [0.2, 0.25) is 5.91 Å². The Kier molecular flexibility index (Phi) is 3.22. The van der Waals surface area contributed by atoms with Crippen molar-refractivity contribution in [3.05, 3.63) is 39.2 Å². The second-order valence-corrected chi connectivity index (χ2v) is 5.70. The van der Waals surface area contributed by atoms with Crippen molar-refractivity contribution in [2.45, 2.75) is 25.3 Å². The summed E-state index contributed by atoms with van der Waals surface area (Å²) in [5.41, 5.74) is -3.57. The highest BCUT2D eigenvalue weighted by Gasteiger charge is 2.54. The Morgan fingerprint density at radius 3 is 2.50 bits per heavy atom. The van der Waals surface area contributed by atoms with Crippen molar-refractivity contribution in [3.63, 3.8) is 0 Å². The highest BCUT2D eigenvalue weighted by atomic mass is 19.1. The third kappa shape index (κ3) is 1.99. The van der Waals surface area contributed by atoms with E-state index in [0.29, 0.717) is 11.0 Å². The topological polar surface area (TPSA) is 127 Å². The highest BCUT2D eigenvalue weighted by Crippen LogP contribution is 2.38. The van der Waals surface area contributed by atoms with Crippen LogP contribution in [0.5, 0.6) is 0 Å². The summed E-state index contributed by atoms with van der Waals surface area (Å²) in [4.78, 5) is 59.2. The fourth-order valence-electron chi connectivity index (χ4n) is 2.91. The number of piperidine rings is 1. The van der Waals surface area contributed by atoms with Gasteiger partial charge in [-0.3, -0.25) is 39.5 Å². The maximum atomic E-state index is 13.6. The van der Waals surface area contributed by atoms with Gasteiger partial charge in [0.25, 0.3) is 23.4 Å². The Hall–Kier alpha value is -3.17. The summed E-state index contributed by atoms with van der Waals surface area (Å²) in [5, 5.41) is 13.1. The van der Waals surface area contributed by atoms with Crippen LogP contribution in [0.4, 0.5) is 10.1 Å². The number of nitro benzene ring substituents is 1. The van der Waals surface area contributed by atoms with Crippen LogP contribution in [-0.4, -0.2) is 39.0 Å². The van der Waals surface area contributed by atoms with Crippen LogP contribution in [0.15, 0.2) is 12.1 Å². The molecule has 0 radical (unpaired) electrons. The smallest absolute Gasteiger partial charge is 0.285 e. The minimum Gasteiger partial charge on any atom is -0.294 e. The molecule has 3 rings (SSSR count). The van der Waals surface area contributed by atoms with Crippen LogP contribution in [0.25, 0.3) is 0 Å². The average molecular weight is 335 g/mol. The van der Waals surface area contributed by atoms with Crippen molar-refractivity contribution >= 4 is 29.3 Å². The molecule has 124 valence electrons. The van der Waals surface area contributed by atoms with Crippen molar-refractivity contribution in [2.75, 3.05) is 0 Å². The number of carbonyl (C=O) groups is 4. The summed E-state index contributed by atoms with van der Waals surface area (Å²) < 4.78 is 13.6. The van der Waals surface area contributed by atoms with E-state index in [9.17, 15) is 33.7 Å². The summed E-state index contributed by atoms with van der Waals surface area (Å²) in [5.74, 6) is -4.53. The van der Waals surface area contributed by atoms with E-state index in [2.05, 4.69) is 0 Å². The first kappa shape index (κ1) is 15.7. The van der Waals surface area contributed by atoms with Gasteiger partial charge in [-0.25, -0.2) is 4.39 Å². The molecule has 10 heteroatoms. The van der Waals surface area contributed by atoms with Crippen LogP contribution in [-0.2, 0) is 9.59 Å². The van der Waals surface area contributed by atoms with Crippen LogP contribution in [0.1, 0.15) is 40.5 Å². The normalized spacial score (nSPS) is 23.3. The quantitative estimate of drug-likeness (QED) is 0.477. The van der Waals surface area contributed by atoms with Gasteiger partial charge in [0.15, 0.2) is 0 Å². The maximum absolute atomic E-state index is 13.6. The second-order valence-electron chi connectivity index (χ2n) is 5.70. The van der Waals surface area contributed by atoms with Crippen molar-refractivity contribution in [3.8, 4) is 0 Å². The van der Waals surface area contributed by atoms with E-state index >= 15 is 0 Å². The SMILES string of the molecule is CC1(N2C(=O)c3cc(F)cc([N+](=O)[O-])c3C2=O)CCC(=O)NC1=O. The summed E-state index contributed by atoms with van der Waals surface area (Å²) in [7, 11) is 0. The van der Waals surface area contributed by atoms with Crippen LogP contribution in [0.2, 0.25) is 0 Å². The molecule has 0 bridgehead atoms. The van der Waals surface area contributed by atoms with E-state index in [1.807, 2.05) is 5.32 Å². The predicted molar refractivity (Wildman–Crippen MR) is 74.3 cm³/mol. The summed E-state index contributed by atoms with van der Waals surface area (Å²) >= 11 is 0. The van der Waals surface area contributed by atoms with Crippen molar-refractivity contribution < 1.29 is 28.5 Å². The van der Waals surface area contributed by atoms with E-state index < -0.39 is 56.7 Å². The molecule has 1 aromatic rings. The molecular formula is C14H10FN3O6. The molecule has 1 N–H and O–H groups in total. The summed E-state index contributed by atoms with van der Waals surface area (Å²) in [6, 6.07) is 1.26. The lowest BCUT2D eigenvalue weighted by Crippen LogP contribution is -2.62. The molecule has 9 nitrogen and oxygen atoms in total. The van der Waals surface area contributed by atoms with Crippen molar-refractivity contribution in [1.29, 1.82) is 0 Å². The van der Waals surface area contributed by atoms with E-state index in [1.54, 1.807) is 0 Å². The Morgan fingerprint density at radius 1 is 1.25 bits per heavy atom. The number of fused-ring (bicyclic) bond motifs is 1. The van der Waals surface area contributed by atoms with E-state index in [-0.39, 0.29) is 12.8 Å². The molecule has 1 unspecified atom stereocenters. The van der Waals surface area contributed by atoms with Crippen molar-refractivity contribution in [1.82, 2.24) is 10.2 Å². The van der Waals surface area contributed by atoms with Gasteiger partial charge >= 0.3 is 0 Å². The molecular weight excluding hydrogens is 325 g/mol. The largest absolute Gasteiger partial charge is 0.294 e. The number of halogens is 1. The number of amides is 4. The molecule has 0 aliphatic carbocycles. The van der Waals surface area contributed by atoms with Gasteiger partial charge in [0.1, 0.15) is 16.9 Å². The van der Waals surface area contributed by atoms with E-state index in [1.165, 1.54) is 6.92 Å². The fourth-order valence-corrected chi connectivity index (χ4v) is 2.91. The predicted octanol–water partition coefficient (Wildman–Crippen LogP) is 0.525. The Bertz CT molecular complexity index is 851. The molecule has 24 heavy (non-hydrogen) atoms. The lowest BCUT2D eigenvalue weighted by Gasteiger charge is -2.37. The molecule has 4 amide bonds. The molecule has 2 aliphatic rings. The summed E-state index contributed by atoms with van der Waals surface area (Å²) in [6.45, 7) is 1.28. The molecule has 1 fully saturated rings. The van der Waals surface area contributed by atoms with Gasteiger partial charge in [0.05, 0.1) is 16.6 Å². The van der Waals surface area contributed by atoms with Crippen molar-refractivity contribution in [2.24, 2.45) is 0 Å². The Morgan fingerprint density at radius 2 is 1.92 bits per heavy atom. The molecule has 2 aliphatic heterocycles. The molecule has 0 aromatic heterocycles. The van der Waals surface area contributed by atoms with Crippen LogP contribution < -0.4 is 5.32 Å². The Balaban J connectivity index is 2.14. The van der Waals surface area contributed by atoms with Gasteiger partial charge in [-0.2, -0.15) is 0 Å². The number of carbonyl (C=O) groups excluding carboxylic acids is 4.